The molecule has 0 radical (unpaired) electrons. The van der Waals surface area contributed by atoms with Gasteiger partial charge in [0, 0.05) is 21.9 Å². The lowest BCUT2D eigenvalue weighted by Crippen LogP contribution is -2.32. The third kappa shape index (κ3) is 5.63. The lowest BCUT2D eigenvalue weighted by atomic mass is 9.74. The fourth-order valence-corrected chi connectivity index (χ4v) is 5.32. The Morgan fingerprint density at radius 3 is 2.47 bits per heavy atom. The molecule has 0 spiro atoms. The molecular weight excluding hydrogens is 527 g/mol. The molecule has 188 valence electrons. The Kier molecular flexibility index (Phi) is 8.11. The maximum absolute atomic E-state index is 14.3. The van der Waals surface area contributed by atoms with Gasteiger partial charge in [-0.15, -0.1) is 0 Å². The highest BCUT2D eigenvalue weighted by Crippen LogP contribution is 2.54. The van der Waals surface area contributed by atoms with Gasteiger partial charge >= 0.3 is 5.97 Å². The first-order chi connectivity index (χ1) is 17.3. The van der Waals surface area contributed by atoms with Crippen LogP contribution in [0.5, 0.6) is 11.5 Å². The number of carboxylic acids is 1. The van der Waals surface area contributed by atoms with Gasteiger partial charge in [0.2, 0.25) is 0 Å². The molecule has 0 unspecified atom stereocenters. The van der Waals surface area contributed by atoms with Gasteiger partial charge in [-0.2, -0.15) is 0 Å². The number of aliphatic carboxylic acids is 1. The molecule has 1 fully saturated rings. The zero-order chi connectivity index (χ0) is 25.8. The Bertz CT molecular complexity index is 1250. The van der Waals surface area contributed by atoms with Crippen LogP contribution in [-0.4, -0.2) is 24.8 Å². The van der Waals surface area contributed by atoms with Crippen molar-refractivity contribution in [2.75, 3.05) is 13.7 Å². The molecule has 3 aromatic rings. The molecule has 36 heavy (non-hydrogen) atoms. The summed E-state index contributed by atoms with van der Waals surface area (Å²) in [7, 11) is 1.50. The van der Waals surface area contributed by atoms with Gasteiger partial charge in [0.15, 0.2) is 18.1 Å². The zero-order valence-electron chi connectivity index (χ0n) is 20.1. The van der Waals surface area contributed by atoms with E-state index in [0.717, 1.165) is 21.2 Å². The second-order valence-corrected chi connectivity index (χ2v) is 9.86. The molecule has 0 amide bonds. The number of carbonyl (C=O) groups is 1. The van der Waals surface area contributed by atoms with E-state index in [4.69, 9.17) is 14.2 Å². The molecule has 7 heteroatoms. The van der Waals surface area contributed by atoms with Crippen molar-refractivity contribution < 1.29 is 28.5 Å². The van der Waals surface area contributed by atoms with Crippen LogP contribution in [0.15, 0.2) is 83.4 Å². The first-order valence-electron chi connectivity index (χ1n) is 11.6. The van der Waals surface area contributed by atoms with Crippen molar-refractivity contribution in [3.63, 3.8) is 0 Å². The fraction of sp³-hybridized carbons (Fsp3) is 0.276. The molecule has 1 N–H and O–H groups in total. The maximum atomic E-state index is 14.3. The Morgan fingerprint density at radius 1 is 1.11 bits per heavy atom. The van der Waals surface area contributed by atoms with E-state index in [-0.39, 0.29) is 17.7 Å². The van der Waals surface area contributed by atoms with Gasteiger partial charge in [-0.05, 0) is 48.7 Å². The summed E-state index contributed by atoms with van der Waals surface area (Å²) in [6.07, 6.45) is -0.301. The predicted molar refractivity (Wildman–Crippen MR) is 139 cm³/mol. The highest BCUT2D eigenvalue weighted by Gasteiger charge is 2.42. The van der Waals surface area contributed by atoms with Crippen LogP contribution in [0.1, 0.15) is 48.2 Å². The minimum absolute atomic E-state index is 0.0524. The van der Waals surface area contributed by atoms with Crippen LogP contribution < -0.4 is 9.47 Å². The zero-order valence-corrected chi connectivity index (χ0v) is 21.7. The van der Waals surface area contributed by atoms with Gasteiger partial charge in [0.05, 0.1) is 19.3 Å². The first kappa shape index (κ1) is 25.9. The van der Waals surface area contributed by atoms with Crippen LogP contribution in [0.25, 0.3) is 0 Å². The van der Waals surface area contributed by atoms with Crippen molar-refractivity contribution in [1.82, 2.24) is 0 Å². The average molecular weight is 555 g/mol. The summed E-state index contributed by atoms with van der Waals surface area (Å²) in [5, 5.41) is 9.26. The first-order valence-corrected chi connectivity index (χ1v) is 12.4. The van der Waals surface area contributed by atoms with Crippen LogP contribution >= 0.6 is 15.9 Å². The van der Waals surface area contributed by atoms with Gasteiger partial charge in [-0.3, -0.25) is 0 Å². The normalized spacial score (nSPS) is 21.6. The quantitative estimate of drug-likeness (QED) is 0.297. The molecule has 0 aliphatic carbocycles. The summed E-state index contributed by atoms with van der Waals surface area (Å²) in [6.45, 7) is 5.67. The summed E-state index contributed by atoms with van der Waals surface area (Å²) in [6, 6.07) is 20.1. The lowest BCUT2D eigenvalue weighted by molar-refractivity contribution is -0.139. The van der Waals surface area contributed by atoms with Crippen molar-refractivity contribution in [3.8, 4) is 11.5 Å². The molecule has 1 heterocycles. The van der Waals surface area contributed by atoms with E-state index in [1.54, 1.807) is 12.1 Å². The molecule has 1 saturated heterocycles. The van der Waals surface area contributed by atoms with Crippen molar-refractivity contribution in [2.45, 2.75) is 31.5 Å². The van der Waals surface area contributed by atoms with Gasteiger partial charge in [0.1, 0.15) is 5.82 Å². The number of methoxy groups -OCH3 is 1. The molecule has 0 bridgehead atoms. The second-order valence-electron chi connectivity index (χ2n) is 8.95. The fourth-order valence-electron chi connectivity index (χ4n) is 4.86. The summed E-state index contributed by atoms with van der Waals surface area (Å²) in [5.41, 5.74) is 3.37. The number of halogens is 2. The van der Waals surface area contributed by atoms with Gasteiger partial charge < -0.3 is 19.3 Å². The maximum Gasteiger partial charge on any atom is 0.341 e. The van der Waals surface area contributed by atoms with Crippen LogP contribution in [0, 0.1) is 11.7 Å². The monoisotopic (exact) mass is 554 g/mol. The van der Waals surface area contributed by atoms with E-state index in [1.807, 2.05) is 37.3 Å². The number of hydrogen-bond acceptors (Lipinski definition) is 4. The summed E-state index contributed by atoms with van der Waals surface area (Å²) in [4.78, 5) is 11.3. The number of ether oxygens (including phenoxy) is 3. The van der Waals surface area contributed by atoms with E-state index in [2.05, 4.69) is 34.6 Å². The van der Waals surface area contributed by atoms with Crippen molar-refractivity contribution in [3.05, 3.63) is 106 Å². The molecule has 1 aliphatic rings. The van der Waals surface area contributed by atoms with E-state index < -0.39 is 24.8 Å². The number of benzene rings is 3. The third-order valence-corrected chi connectivity index (χ3v) is 6.94. The van der Waals surface area contributed by atoms with Gasteiger partial charge in [-0.1, -0.05) is 70.5 Å². The average Bonchev–Trinajstić information content (AvgIpc) is 2.87. The Balaban J connectivity index is 1.85. The Hall–Kier alpha value is -3.16. The van der Waals surface area contributed by atoms with E-state index in [0.29, 0.717) is 23.5 Å². The highest BCUT2D eigenvalue weighted by atomic mass is 79.9. The van der Waals surface area contributed by atoms with Crippen LogP contribution in [0.4, 0.5) is 4.39 Å². The number of carboxylic acid groups (broad SMARTS) is 1. The highest BCUT2D eigenvalue weighted by molar-refractivity contribution is 9.10. The molecule has 4 rings (SSSR count). The standard InChI is InChI=1S/C29H28BrFO5/c1-17(2)22-15-23(18-8-5-4-6-9-18)27(19-10-7-11-21(31)12-19)36-28(22)24-13-20(30)14-25(34-3)29(24)35-16-26(32)33/h4-14,22-23,27-28H,1,15-16H2,2-3H3,(H,32,33)/t22-,23-,27+,28+/m1/s1. The van der Waals surface area contributed by atoms with Crippen molar-refractivity contribution >= 4 is 21.9 Å². The molecular formula is C29H28BrFO5. The minimum atomic E-state index is -1.10. The third-order valence-electron chi connectivity index (χ3n) is 6.48. The van der Waals surface area contributed by atoms with Crippen LogP contribution in [0.3, 0.4) is 0 Å². The largest absolute Gasteiger partial charge is 0.493 e. The van der Waals surface area contributed by atoms with Crippen LogP contribution in [0.2, 0.25) is 0 Å². The van der Waals surface area contributed by atoms with Crippen molar-refractivity contribution in [2.24, 2.45) is 5.92 Å². The topological polar surface area (TPSA) is 65.0 Å². The van der Waals surface area contributed by atoms with E-state index >= 15 is 0 Å². The SMILES string of the molecule is C=C(C)[C@H]1C[C@H](c2ccccc2)[C@H](c2cccc(F)c2)O[C@@H]1c1cc(Br)cc(OC)c1OCC(=O)O. The van der Waals surface area contributed by atoms with Gasteiger partial charge in [0.25, 0.3) is 0 Å². The van der Waals surface area contributed by atoms with Crippen molar-refractivity contribution in [1.29, 1.82) is 0 Å². The molecule has 0 aromatic heterocycles. The van der Waals surface area contributed by atoms with Gasteiger partial charge in [-0.25, -0.2) is 9.18 Å². The second kappa shape index (κ2) is 11.3. The molecule has 4 atom stereocenters. The van der Waals surface area contributed by atoms with E-state index in [1.165, 1.54) is 19.2 Å². The molecule has 1 aliphatic heterocycles. The summed E-state index contributed by atoms with van der Waals surface area (Å²) < 4.78 is 33.1. The lowest BCUT2D eigenvalue weighted by Gasteiger charge is -2.43. The number of rotatable bonds is 8. The molecule has 0 saturated carbocycles. The van der Waals surface area contributed by atoms with E-state index in [9.17, 15) is 14.3 Å². The predicted octanol–water partition coefficient (Wildman–Crippen LogP) is 7.24. The summed E-state index contributed by atoms with van der Waals surface area (Å²) >= 11 is 3.53. The Morgan fingerprint density at radius 2 is 1.83 bits per heavy atom. The van der Waals surface area contributed by atoms with Crippen LogP contribution in [-0.2, 0) is 9.53 Å². The molecule has 3 aromatic carbocycles. The smallest absolute Gasteiger partial charge is 0.341 e. The Labute approximate surface area is 218 Å². The minimum Gasteiger partial charge on any atom is -0.493 e. The summed E-state index contributed by atoms with van der Waals surface area (Å²) in [5.74, 6) is -0.924. The number of hydrogen-bond donors (Lipinski definition) is 1. The molecule has 5 nitrogen and oxygen atoms in total.